The molecule has 2 aliphatic rings. The van der Waals surface area contributed by atoms with E-state index in [2.05, 4.69) is 11.7 Å². The number of nitrogens with two attached hydrogens (primary N) is 2. The standard InChI is InChI=1S/C6H2F2.ClH.H4N2/c7-4-2-1-3-5(4)6(3)8;;1-2/h1-2H;1H;1-2H2. The van der Waals surface area contributed by atoms with Gasteiger partial charge in [0.2, 0.25) is 0 Å². The Balaban J connectivity index is 0.000000311. The van der Waals surface area contributed by atoms with Gasteiger partial charge in [0.05, 0.1) is 5.56 Å². The van der Waals surface area contributed by atoms with E-state index in [1.165, 1.54) is 12.1 Å². The lowest BCUT2D eigenvalue weighted by molar-refractivity contribution is 0.621. The molecule has 0 aliphatic heterocycles. The van der Waals surface area contributed by atoms with Crippen molar-refractivity contribution in [2.75, 3.05) is 0 Å². The van der Waals surface area contributed by atoms with Crippen LogP contribution < -0.4 is 11.7 Å². The zero-order chi connectivity index (χ0) is 7.72. The van der Waals surface area contributed by atoms with E-state index in [-0.39, 0.29) is 23.8 Å². The zero-order valence-electron chi connectivity index (χ0n) is 5.47. The van der Waals surface area contributed by atoms with Crippen LogP contribution in [0.5, 0.6) is 0 Å². The van der Waals surface area contributed by atoms with E-state index in [9.17, 15) is 8.78 Å². The van der Waals surface area contributed by atoms with Crippen molar-refractivity contribution >= 4 is 12.4 Å². The molecule has 0 fully saturated rings. The Kier molecular flexibility index (Phi) is 3.38. The fraction of sp³-hybridized carbons (Fsp3) is 0. The topological polar surface area (TPSA) is 52.0 Å². The van der Waals surface area contributed by atoms with Gasteiger partial charge < -0.3 is 0 Å². The number of hydrazine groups is 1. The summed E-state index contributed by atoms with van der Waals surface area (Å²) in [5.74, 6) is 7.20. The second-order valence-electron chi connectivity index (χ2n) is 1.78. The molecule has 4 N–H and O–H groups in total. The minimum atomic E-state index is -0.433. The van der Waals surface area contributed by atoms with E-state index in [1.54, 1.807) is 0 Å². The van der Waals surface area contributed by atoms with E-state index in [1.807, 2.05) is 0 Å². The second kappa shape index (κ2) is 3.61. The maximum atomic E-state index is 12.1. The lowest BCUT2D eigenvalue weighted by atomic mass is 10.5. The Hall–Kier alpha value is -0.710. The summed E-state index contributed by atoms with van der Waals surface area (Å²) < 4.78 is 24.1. The van der Waals surface area contributed by atoms with Crippen LogP contribution in [0.2, 0.25) is 0 Å². The highest BCUT2D eigenvalue weighted by molar-refractivity contribution is 5.85. The first-order valence-electron chi connectivity index (χ1n) is 2.62. The van der Waals surface area contributed by atoms with Crippen LogP contribution in [0.1, 0.15) is 0 Å². The van der Waals surface area contributed by atoms with Crippen molar-refractivity contribution in [3.63, 3.8) is 0 Å². The molecule has 0 aromatic carbocycles. The first-order valence-corrected chi connectivity index (χ1v) is 2.62. The van der Waals surface area contributed by atoms with Crippen molar-refractivity contribution in [2.24, 2.45) is 11.7 Å². The van der Waals surface area contributed by atoms with Crippen molar-refractivity contribution in [2.45, 2.75) is 0 Å². The molecule has 0 radical (unpaired) electrons. The molecule has 11 heavy (non-hydrogen) atoms. The molecule has 0 bridgehead atoms. The summed E-state index contributed by atoms with van der Waals surface area (Å²) >= 11 is 0. The monoisotopic (exact) mass is 180 g/mol. The summed E-state index contributed by atoms with van der Waals surface area (Å²) in [4.78, 5) is 0. The quantitative estimate of drug-likeness (QED) is 0.473. The molecular weight excluding hydrogens is 174 g/mol. The molecule has 0 unspecified atom stereocenters. The number of halogens is 3. The van der Waals surface area contributed by atoms with Gasteiger partial charge in [-0.1, -0.05) is 0 Å². The van der Waals surface area contributed by atoms with Crippen LogP contribution in [0.25, 0.3) is 11.1 Å². The van der Waals surface area contributed by atoms with E-state index in [4.69, 9.17) is 0 Å². The summed E-state index contributed by atoms with van der Waals surface area (Å²) in [5.41, 5.74) is 0.632. The number of hydrogen-bond acceptors (Lipinski definition) is 2. The van der Waals surface area contributed by atoms with Gasteiger partial charge in [-0.3, -0.25) is 11.7 Å². The van der Waals surface area contributed by atoms with Gasteiger partial charge in [0.15, 0.2) is 0 Å². The molecule has 5 heteroatoms. The predicted octanol–water partition coefficient (Wildman–Crippen LogP) is 1.19. The third kappa shape index (κ3) is 1.48. The number of rotatable bonds is 0. The summed E-state index contributed by atoms with van der Waals surface area (Å²) in [5, 5.41) is 0. The highest BCUT2D eigenvalue weighted by Crippen LogP contribution is 2.42. The smallest absolute Gasteiger partial charge is 0.142 e. The Morgan fingerprint density at radius 2 is 1.64 bits per heavy atom. The maximum Gasteiger partial charge on any atom is 0.142 e. The van der Waals surface area contributed by atoms with Crippen molar-refractivity contribution in [1.82, 2.24) is 0 Å². The highest BCUT2D eigenvalue weighted by atomic mass is 35.5. The molecule has 2 rings (SSSR count). The summed E-state index contributed by atoms with van der Waals surface area (Å²) in [7, 11) is 0. The predicted molar refractivity (Wildman–Crippen MR) is 41.0 cm³/mol. The normalized spacial score (nSPS) is 9.09. The Morgan fingerprint density at radius 3 is 1.82 bits per heavy atom. The first-order chi connectivity index (χ1) is 4.80. The van der Waals surface area contributed by atoms with Crippen LogP contribution >= 0.6 is 12.4 Å². The Bertz CT molecular complexity index is 265. The van der Waals surface area contributed by atoms with Gasteiger partial charge in [0, 0.05) is 5.56 Å². The Morgan fingerprint density at radius 1 is 1.09 bits per heavy atom. The molecule has 2 aliphatic carbocycles. The molecule has 0 saturated carbocycles. The highest BCUT2D eigenvalue weighted by Gasteiger charge is 2.28. The largest absolute Gasteiger partial charge is 0.274 e. The number of benzene rings is 1. The van der Waals surface area contributed by atoms with Crippen molar-refractivity contribution < 1.29 is 8.78 Å². The average molecular weight is 181 g/mol. The Labute approximate surface area is 68.6 Å². The third-order valence-electron chi connectivity index (χ3n) is 1.30. The fourth-order valence-corrected chi connectivity index (χ4v) is 0.808. The minimum absolute atomic E-state index is 0. The number of hydrogen-bond donors (Lipinski definition) is 2. The lowest BCUT2D eigenvalue weighted by Crippen LogP contribution is -2.02. The van der Waals surface area contributed by atoms with Gasteiger partial charge in [-0.05, 0) is 12.1 Å². The molecule has 0 aromatic heterocycles. The SMILES string of the molecule is Cl.Fc1ccc2c(F)c1-2.NN. The van der Waals surface area contributed by atoms with Gasteiger partial charge in [0.1, 0.15) is 11.6 Å². The van der Waals surface area contributed by atoms with E-state index in [0.29, 0.717) is 5.56 Å². The molecule has 0 spiro atoms. The third-order valence-corrected chi connectivity index (χ3v) is 1.30. The molecule has 0 heterocycles. The van der Waals surface area contributed by atoms with Crippen molar-refractivity contribution in [1.29, 1.82) is 0 Å². The molecule has 0 aromatic rings. The van der Waals surface area contributed by atoms with E-state index < -0.39 is 5.82 Å². The summed E-state index contributed by atoms with van der Waals surface area (Å²) in [6, 6.07) is 2.72. The van der Waals surface area contributed by atoms with E-state index in [0.717, 1.165) is 0 Å². The van der Waals surface area contributed by atoms with E-state index >= 15 is 0 Å². The number of fused-ring (bicyclic) bond motifs is 1. The molecule has 0 amide bonds. The fourth-order valence-electron chi connectivity index (χ4n) is 0.808. The van der Waals surface area contributed by atoms with Gasteiger partial charge in [-0.25, -0.2) is 8.78 Å². The average Bonchev–Trinajstić information content (AvgIpc) is 2.41. The molecular formula is C6H7ClF2N2. The van der Waals surface area contributed by atoms with Crippen LogP contribution in [0.4, 0.5) is 8.78 Å². The molecule has 62 valence electrons. The first kappa shape index (κ1) is 10.3. The second-order valence-corrected chi connectivity index (χ2v) is 1.78. The van der Waals surface area contributed by atoms with Crippen molar-refractivity contribution in [3.05, 3.63) is 23.8 Å². The van der Waals surface area contributed by atoms with Crippen molar-refractivity contribution in [3.8, 4) is 11.1 Å². The van der Waals surface area contributed by atoms with Crippen LogP contribution in [0, 0.1) is 11.6 Å². The van der Waals surface area contributed by atoms with Gasteiger partial charge in [-0.2, -0.15) is 0 Å². The van der Waals surface area contributed by atoms with Crippen LogP contribution in [0.15, 0.2) is 12.1 Å². The van der Waals surface area contributed by atoms with Gasteiger partial charge >= 0.3 is 0 Å². The van der Waals surface area contributed by atoms with Gasteiger partial charge in [0.25, 0.3) is 0 Å². The summed E-state index contributed by atoms with van der Waals surface area (Å²) in [6.45, 7) is 0. The zero-order valence-corrected chi connectivity index (χ0v) is 6.29. The minimum Gasteiger partial charge on any atom is -0.274 e. The van der Waals surface area contributed by atoms with Crippen LogP contribution in [0.3, 0.4) is 0 Å². The molecule has 2 nitrogen and oxygen atoms in total. The summed E-state index contributed by atoms with van der Waals surface area (Å²) in [6.07, 6.45) is 0. The molecule has 0 saturated heterocycles. The maximum absolute atomic E-state index is 12.1. The lowest BCUT2D eigenvalue weighted by Gasteiger charge is -1.67. The van der Waals surface area contributed by atoms with Crippen LogP contribution in [-0.2, 0) is 0 Å². The molecule has 0 atom stereocenters. The van der Waals surface area contributed by atoms with Gasteiger partial charge in [-0.15, -0.1) is 12.4 Å². The van der Waals surface area contributed by atoms with Crippen LogP contribution in [-0.4, -0.2) is 0 Å².